The van der Waals surface area contributed by atoms with E-state index >= 15 is 0 Å². The van der Waals surface area contributed by atoms with E-state index in [-0.39, 0.29) is 11.1 Å². The van der Waals surface area contributed by atoms with Crippen LogP contribution in [0.1, 0.15) is 26.4 Å². The topological polar surface area (TPSA) is 79.5 Å². The molecule has 72 valence electrons. The van der Waals surface area contributed by atoms with Crippen LogP contribution in [0.4, 0.5) is 0 Å². The van der Waals surface area contributed by atoms with Gasteiger partial charge in [-0.3, -0.25) is 0 Å². The molecule has 1 aromatic heterocycles. The molecule has 0 fully saturated rings. The van der Waals surface area contributed by atoms with Crippen molar-refractivity contribution in [3.63, 3.8) is 0 Å². The van der Waals surface area contributed by atoms with E-state index in [4.69, 9.17) is 10.2 Å². The Hall–Kier alpha value is -2.04. The van der Waals surface area contributed by atoms with Crippen molar-refractivity contribution < 1.29 is 19.8 Å². The highest BCUT2D eigenvalue weighted by molar-refractivity contribution is 6.03. The number of rotatable bonds is 2. The molecule has 0 bridgehead atoms. The van der Waals surface area contributed by atoms with Gasteiger partial charge in [0.25, 0.3) is 0 Å². The van der Waals surface area contributed by atoms with E-state index in [1.165, 1.54) is 10.8 Å². The third kappa shape index (κ3) is 1.02. The van der Waals surface area contributed by atoms with E-state index in [1.54, 1.807) is 12.3 Å². The Morgan fingerprint density at radius 1 is 1.29 bits per heavy atom. The number of nitrogens with zero attached hydrogens (tertiary/aromatic N) is 1. The number of aromatic nitrogens is 1. The third-order valence-corrected chi connectivity index (χ3v) is 2.16. The van der Waals surface area contributed by atoms with Crippen molar-refractivity contribution in [2.24, 2.45) is 0 Å². The number of fused-ring (bicyclic) bond motifs is 1. The maximum atomic E-state index is 10.8. The lowest BCUT2D eigenvalue weighted by Crippen LogP contribution is -2.06. The van der Waals surface area contributed by atoms with Crippen molar-refractivity contribution in [1.82, 2.24) is 4.57 Å². The fourth-order valence-electron chi connectivity index (χ4n) is 1.59. The predicted octanol–water partition coefficient (Wildman–Crippen LogP) is 0.911. The molecule has 1 aliphatic heterocycles. The zero-order valence-corrected chi connectivity index (χ0v) is 7.10. The Morgan fingerprint density at radius 2 is 2.00 bits per heavy atom. The molecule has 1 aromatic rings. The maximum absolute atomic E-state index is 10.8. The summed E-state index contributed by atoms with van der Waals surface area (Å²) in [5.74, 6) is -2.41. The van der Waals surface area contributed by atoms with E-state index in [0.29, 0.717) is 12.1 Å². The normalized spacial score (nSPS) is 12.9. The second kappa shape index (κ2) is 2.73. The monoisotopic (exact) mass is 193 g/mol. The number of hydrogen-bond acceptors (Lipinski definition) is 2. The lowest BCUT2D eigenvalue weighted by molar-refractivity contribution is 0.0652. The Labute approximate surface area is 78.9 Å². The summed E-state index contributed by atoms with van der Waals surface area (Å²) in [6, 6.07) is 0. The number of aromatic carboxylic acids is 2. The third-order valence-electron chi connectivity index (χ3n) is 2.16. The highest BCUT2D eigenvalue weighted by atomic mass is 16.4. The van der Waals surface area contributed by atoms with Gasteiger partial charge in [0.2, 0.25) is 0 Å². The minimum absolute atomic E-state index is 0.109. The second-order valence-corrected chi connectivity index (χ2v) is 2.97. The van der Waals surface area contributed by atoms with Gasteiger partial charge in [0.15, 0.2) is 0 Å². The van der Waals surface area contributed by atoms with Gasteiger partial charge >= 0.3 is 11.9 Å². The highest BCUT2D eigenvalue weighted by Gasteiger charge is 2.25. The highest BCUT2D eigenvalue weighted by Crippen LogP contribution is 2.23. The number of carboxylic acid groups (broad SMARTS) is 2. The molecule has 0 saturated heterocycles. The van der Waals surface area contributed by atoms with Gasteiger partial charge in [0.05, 0.1) is 11.1 Å². The van der Waals surface area contributed by atoms with Crippen molar-refractivity contribution in [2.75, 3.05) is 0 Å². The molecule has 1 aliphatic rings. The largest absolute Gasteiger partial charge is 0.478 e. The SMILES string of the molecule is O=C(O)c1cn2c(c1C(=O)O)CC=C2. The maximum Gasteiger partial charge on any atom is 0.338 e. The van der Waals surface area contributed by atoms with E-state index in [1.807, 2.05) is 0 Å². The van der Waals surface area contributed by atoms with E-state index < -0.39 is 11.9 Å². The summed E-state index contributed by atoms with van der Waals surface area (Å²) in [7, 11) is 0. The predicted molar refractivity (Wildman–Crippen MR) is 47.4 cm³/mol. The Kier molecular flexibility index (Phi) is 1.67. The minimum atomic E-state index is -1.21. The van der Waals surface area contributed by atoms with Gasteiger partial charge in [0.1, 0.15) is 0 Å². The molecule has 0 aliphatic carbocycles. The van der Waals surface area contributed by atoms with Crippen LogP contribution in [0.5, 0.6) is 0 Å². The summed E-state index contributed by atoms with van der Waals surface area (Å²) in [5, 5.41) is 17.6. The van der Waals surface area contributed by atoms with Crippen LogP contribution in [-0.4, -0.2) is 26.7 Å². The van der Waals surface area contributed by atoms with Gasteiger partial charge in [-0.25, -0.2) is 9.59 Å². The molecule has 5 nitrogen and oxygen atoms in total. The van der Waals surface area contributed by atoms with Crippen molar-refractivity contribution in [3.05, 3.63) is 29.1 Å². The first-order chi connectivity index (χ1) is 6.61. The quantitative estimate of drug-likeness (QED) is 0.731. The molecule has 0 spiro atoms. The lowest BCUT2D eigenvalue weighted by Gasteiger charge is -1.96. The molecule has 14 heavy (non-hydrogen) atoms. The van der Waals surface area contributed by atoms with Crippen molar-refractivity contribution >= 4 is 18.1 Å². The first kappa shape index (κ1) is 8.55. The molecule has 0 saturated carbocycles. The minimum Gasteiger partial charge on any atom is -0.478 e. The number of carbonyl (C=O) groups is 2. The van der Waals surface area contributed by atoms with Crippen molar-refractivity contribution in [1.29, 1.82) is 0 Å². The summed E-state index contributed by atoms with van der Waals surface area (Å²) in [5.41, 5.74) is 0.259. The Bertz CT molecular complexity index is 456. The summed E-state index contributed by atoms with van der Waals surface area (Å²) in [6.45, 7) is 0. The average molecular weight is 193 g/mol. The van der Waals surface area contributed by atoms with Crippen LogP contribution in [-0.2, 0) is 6.42 Å². The van der Waals surface area contributed by atoms with E-state index in [0.717, 1.165) is 0 Å². The van der Waals surface area contributed by atoms with Gasteiger partial charge in [-0.2, -0.15) is 0 Å². The molecular weight excluding hydrogens is 186 g/mol. The molecule has 2 rings (SSSR count). The van der Waals surface area contributed by atoms with Crippen LogP contribution < -0.4 is 0 Å². The molecule has 0 atom stereocenters. The molecule has 0 amide bonds. The number of carboxylic acids is 2. The van der Waals surface area contributed by atoms with Gasteiger partial charge < -0.3 is 14.8 Å². The second-order valence-electron chi connectivity index (χ2n) is 2.97. The summed E-state index contributed by atoms with van der Waals surface area (Å²) < 4.78 is 1.53. The first-order valence-corrected chi connectivity index (χ1v) is 3.98. The zero-order valence-electron chi connectivity index (χ0n) is 7.10. The molecule has 2 heterocycles. The zero-order chi connectivity index (χ0) is 10.3. The van der Waals surface area contributed by atoms with Crippen LogP contribution in [0, 0.1) is 0 Å². The van der Waals surface area contributed by atoms with Crippen LogP contribution in [0.25, 0.3) is 6.20 Å². The van der Waals surface area contributed by atoms with Gasteiger partial charge in [-0.05, 0) is 0 Å². The van der Waals surface area contributed by atoms with E-state index in [2.05, 4.69) is 0 Å². The Balaban J connectivity index is 2.67. The summed E-state index contributed by atoms with van der Waals surface area (Å²) in [6.07, 6.45) is 5.24. The first-order valence-electron chi connectivity index (χ1n) is 3.98. The van der Waals surface area contributed by atoms with Gasteiger partial charge in [-0.1, -0.05) is 6.08 Å². The fraction of sp³-hybridized carbons (Fsp3) is 0.111. The van der Waals surface area contributed by atoms with Gasteiger partial charge in [0, 0.05) is 24.5 Å². The van der Waals surface area contributed by atoms with Gasteiger partial charge in [-0.15, -0.1) is 0 Å². The van der Waals surface area contributed by atoms with Crippen molar-refractivity contribution in [3.8, 4) is 0 Å². The summed E-state index contributed by atoms with van der Waals surface area (Å²) >= 11 is 0. The lowest BCUT2D eigenvalue weighted by atomic mass is 10.1. The van der Waals surface area contributed by atoms with Crippen LogP contribution in [0.3, 0.4) is 0 Å². The number of hydrogen-bond donors (Lipinski definition) is 2. The molecule has 2 N–H and O–H groups in total. The van der Waals surface area contributed by atoms with Crippen LogP contribution >= 0.6 is 0 Å². The Morgan fingerprint density at radius 3 is 2.57 bits per heavy atom. The van der Waals surface area contributed by atoms with E-state index in [9.17, 15) is 9.59 Å². The average Bonchev–Trinajstić information content (AvgIpc) is 2.58. The fourth-order valence-corrected chi connectivity index (χ4v) is 1.59. The molecule has 0 unspecified atom stereocenters. The van der Waals surface area contributed by atoms with Crippen molar-refractivity contribution in [2.45, 2.75) is 6.42 Å². The van der Waals surface area contributed by atoms with Crippen LogP contribution in [0.2, 0.25) is 0 Å². The molecule has 0 radical (unpaired) electrons. The molecule has 0 aromatic carbocycles. The standard InChI is InChI=1S/C9H7NO4/c11-8(12)5-4-10-3-1-2-6(10)7(5)9(13)14/h1,3-4H,2H2,(H,11,12)(H,13,14). The number of allylic oxidation sites excluding steroid dienone is 1. The smallest absolute Gasteiger partial charge is 0.338 e. The summed E-state index contributed by atoms with van der Waals surface area (Å²) in [4.78, 5) is 21.6. The molecular formula is C9H7NO4. The molecule has 5 heteroatoms. The van der Waals surface area contributed by atoms with Crippen LogP contribution in [0.15, 0.2) is 12.3 Å².